The first-order valence-electron chi connectivity index (χ1n) is 11.8. The first kappa shape index (κ1) is 21.6. The number of nitrogens with one attached hydrogen (secondary N) is 1. The van der Waals surface area contributed by atoms with Crippen molar-refractivity contribution < 1.29 is 9.59 Å². The number of likely N-dealkylation sites (tertiary alicyclic amines) is 1. The molecule has 1 aliphatic carbocycles. The van der Waals surface area contributed by atoms with E-state index in [2.05, 4.69) is 22.1 Å². The molecule has 0 spiro atoms. The second kappa shape index (κ2) is 9.29. The van der Waals surface area contributed by atoms with E-state index < -0.39 is 0 Å². The van der Waals surface area contributed by atoms with E-state index in [-0.39, 0.29) is 29.8 Å². The maximum absolute atomic E-state index is 12.9. The van der Waals surface area contributed by atoms with E-state index >= 15 is 0 Å². The van der Waals surface area contributed by atoms with Crippen LogP contribution >= 0.6 is 0 Å². The predicted molar refractivity (Wildman–Crippen MR) is 123 cm³/mol. The van der Waals surface area contributed by atoms with Crippen LogP contribution in [0.5, 0.6) is 0 Å². The number of hydrogen-bond acceptors (Lipinski definition) is 5. The van der Waals surface area contributed by atoms with Gasteiger partial charge in [-0.05, 0) is 43.7 Å². The van der Waals surface area contributed by atoms with Gasteiger partial charge in [-0.3, -0.25) is 19.4 Å². The Labute approximate surface area is 192 Å². The Hall–Kier alpha value is -3.29. The predicted octanol–water partition coefficient (Wildman–Crippen LogP) is 2.43. The molecule has 0 saturated carbocycles. The maximum atomic E-state index is 12.9. The van der Waals surface area contributed by atoms with Crippen LogP contribution in [0.15, 0.2) is 41.5 Å². The molecule has 1 fully saturated rings. The highest BCUT2D eigenvalue weighted by atomic mass is 16.2. The second-order valence-electron chi connectivity index (χ2n) is 9.22. The Kier molecular flexibility index (Phi) is 6.07. The molecule has 1 atom stereocenters. The van der Waals surface area contributed by atoms with Crippen molar-refractivity contribution in [3.05, 3.63) is 69.7 Å². The van der Waals surface area contributed by atoms with Crippen LogP contribution < -0.4 is 5.56 Å². The van der Waals surface area contributed by atoms with Gasteiger partial charge < -0.3 is 14.8 Å². The Morgan fingerprint density at radius 2 is 1.97 bits per heavy atom. The summed E-state index contributed by atoms with van der Waals surface area (Å²) in [5.74, 6) is 1.36. The topological polar surface area (TPSA) is 99.3 Å². The minimum Gasteiger partial charge on any atom is -0.343 e. The monoisotopic (exact) mass is 447 g/mol. The number of aromatic nitrogens is 3. The van der Waals surface area contributed by atoms with Crippen LogP contribution in [0.1, 0.15) is 65.5 Å². The van der Waals surface area contributed by atoms with Gasteiger partial charge in [0.05, 0.1) is 23.4 Å². The fourth-order valence-corrected chi connectivity index (χ4v) is 5.10. The molecule has 0 radical (unpaired) electrons. The zero-order valence-electron chi connectivity index (χ0n) is 18.7. The van der Waals surface area contributed by atoms with Gasteiger partial charge in [0.15, 0.2) is 0 Å². The highest BCUT2D eigenvalue weighted by Gasteiger charge is 2.29. The fraction of sp³-hybridized carbons (Fsp3) is 0.480. The lowest BCUT2D eigenvalue weighted by Crippen LogP contribution is -2.41. The SMILES string of the molecule is O=C(CC1C=CCC1)N1CCC(c2nc3c(c(=O)[nH]2)CN(C(=O)c2cccnc2)CC3)CC1. The van der Waals surface area contributed by atoms with Crippen molar-refractivity contribution in [2.45, 2.75) is 51.0 Å². The van der Waals surface area contributed by atoms with Crippen molar-refractivity contribution in [1.29, 1.82) is 0 Å². The summed E-state index contributed by atoms with van der Waals surface area (Å²) in [6.07, 6.45) is 12.4. The van der Waals surface area contributed by atoms with E-state index in [4.69, 9.17) is 4.98 Å². The largest absolute Gasteiger partial charge is 0.343 e. The van der Waals surface area contributed by atoms with Crippen LogP contribution in [0.4, 0.5) is 0 Å². The lowest BCUT2D eigenvalue weighted by atomic mass is 9.94. The van der Waals surface area contributed by atoms with Crippen molar-refractivity contribution >= 4 is 11.8 Å². The molecule has 172 valence electrons. The van der Waals surface area contributed by atoms with Gasteiger partial charge in [-0.2, -0.15) is 0 Å². The van der Waals surface area contributed by atoms with E-state index in [1.165, 1.54) is 0 Å². The number of allylic oxidation sites excluding steroid dienone is 2. The van der Waals surface area contributed by atoms with Gasteiger partial charge in [0, 0.05) is 50.8 Å². The average molecular weight is 448 g/mol. The van der Waals surface area contributed by atoms with Crippen LogP contribution in [-0.4, -0.2) is 56.2 Å². The zero-order valence-corrected chi connectivity index (χ0v) is 18.7. The van der Waals surface area contributed by atoms with Gasteiger partial charge >= 0.3 is 0 Å². The van der Waals surface area contributed by atoms with Crippen LogP contribution in [0.2, 0.25) is 0 Å². The minimum atomic E-state index is -0.162. The number of piperidine rings is 1. The number of rotatable bonds is 4. The Morgan fingerprint density at radius 1 is 1.12 bits per heavy atom. The number of pyridine rings is 1. The summed E-state index contributed by atoms with van der Waals surface area (Å²) in [5.41, 5.74) is 1.72. The quantitative estimate of drug-likeness (QED) is 0.726. The van der Waals surface area contributed by atoms with Gasteiger partial charge in [-0.15, -0.1) is 0 Å². The summed E-state index contributed by atoms with van der Waals surface area (Å²) in [7, 11) is 0. The van der Waals surface area contributed by atoms with E-state index in [1.54, 1.807) is 29.4 Å². The third kappa shape index (κ3) is 4.60. The fourth-order valence-electron chi connectivity index (χ4n) is 5.10. The van der Waals surface area contributed by atoms with Gasteiger partial charge in [0.1, 0.15) is 5.82 Å². The van der Waals surface area contributed by atoms with E-state index in [0.29, 0.717) is 49.5 Å². The molecule has 8 nitrogen and oxygen atoms in total. The van der Waals surface area contributed by atoms with Crippen molar-refractivity contribution in [3.8, 4) is 0 Å². The molecule has 2 aromatic heterocycles. The molecule has 4 heterocycles. The van der Waals surface area contributed by atoms with E-state index in [1.807, 2.05) is 4.90 Å². The first-order valence-corrected chi connectivity index (χ1v) is 11.8. The van der Waals surface area contributed by atoms with Gasteiger partial charge in [-0.25, -0.2) is 4.98 Å². The third-order valence-corrected chi connectivity index (χ3v) is 7.07. The molecule has 8 heteroatoms. The molecule has 1 unspecified atom stereocenters. The van der Waals surface area contributed by atoms with E-state index in [0.717, 1.165) is 37.2 Å². The number of H-pyrrole nitrogens is 1. The second-order valence-corrected chi connectivity index (χ2v) is 9.22. The molecule has 0 bridgehead atoms. The van der Waals surface area contributed by atoms with Gasteiger partial charge in [0.2, 0.25) is 5.91 Å². The van der Waals surface area contributed by atoms with Crippen LogP contribution in [0, 0.1) is 5.92 Å². The summed E-state index contributed by atoms with van der Waals surface area (Å²) >= 11 is 0. The minimum absolute atomic E-state index is 0.123. The molecule has 0 aromatic carbocycles. The standard InChI is InChI=1S/C25H29N5O3/c31-22(14-17-4-1-2-5-17)29-11-7-18(8-12-29)23-27-21-9-13-30(16-20(21)24(32)28-23)25(33)19-6-3-10-26-15-19/h1,3-4,6,10,15,17-18H,2,5,7-9,11-14,16H2,(H,27,28,32). The smallest absolute Gasteiger partial charge is 0.256 e. The van der Waals surface area contributed by atoms with Crippen LogP contribution in [-0.2, 0) is 17.8 Å². The maximum Gasteiger partial charge on any atom is 0.256 e. The van der Waals surface area contributed by atoms with Crippen LogP contribution in [0.3, 0.4) is 0 Å². The van der Waals surface area contributed by atoms with Gasteiger partial charge in [-0.1, -0.05) is 12.2 Å². The Balaban J connectivity index is 1.22. The normalized spacial score (nSPS) is 20.7. The molecule has 3 aliphatic rings. The molecule has 1 N–H and O–H groups in total. The molecule has 33 heavy (non-hydrogen) atoms. The summed E-state index contributed by atoms with van der Waals surface area (Å²) in [5, 5.41) is 0. The summed E-state index contributed by atoms with van der Waals surface area (Å²) in [4.78, 5) is 53.7. The molecule has 5 rings (SSSR count). The van der Waals surface area contributed by atoms with Crippen molar-refractivity contribution in [3.63, 3.8) is 0 Å². The highest BCUT2D eigenvalue weighted by molar-refractivity contribution is 5.94. The third-order valence-electron chi connectivity index (χ3n) is 7.07. The molecule has 2 amide bonds. The number of aromatic amines is 1. The number of hydrogen-bond donors (Lipinski definition) is 1. The van der Waals surface area contributed by atoms with Crippen molar-refractivity contribution in [2.24, 2.45) is 5.92 Å². The molecular formula is C25H29N5O3. The molecular weight excluding hydrogens is 418 g/mol. The summed E-state index contributed by atoms with van der Waals surface area (Å²) in [6, 6.07) is 3.47. The lowest BCUT2D eigenvalue weighted by molar-refractivity contribution is -0.133. The van der Waals surface area contributed by atoms with E-state index in [9.17, 15) is 14.4 Å². The van der Waals surface area contributed by atoms with Gasteiger partial charge in [0.25, 0.3) is 11.5 Å². The Morgan fingerprint density at radius 3 is 2.70 bits per heavy atom. The zero-order chi connectivity index (χ0) is 22.8. The number of amides is 2. The number of nitrogens with zero attached hydrogens (tertiary/aromatic N) is 4. The summed E-state index contributed by atoms with van der Waals surface area (Å²) < 4.78 is 0. The molecule has 1 saturated heterocycles. The average Bonchev–Trinajstić information content (AvgIpc) is 3.37. The highest BCUT2D eigenvalue weighted by Crippen LogP contribution is 2.28. The number of fused-ring (bicyclic) bond motifs is 1. The van der Waals surface area contributed by atoms with Crippen molar-refractivity contribution in [1.82, 2.24) is 24.8 Å². The molecule has 2 aliphatic heterocycles. The number of carbonyl (C=O) groups is 2. The lowest BCUT2D eigenvalue weighted by Gasteiger charge is -2.33. The Bertz CT molecular complexity index is 1120. The first-order chi connectivity index (χ1) is 16.1. The van der Waals surface area contributed by atoms with Crippen molar-refractivity contribution in [2.75, 3.05) is 19.6 Å². The number of carbonyl (C=O) groups excluding carboxylic acids is 2. The molecule has 2 aromatic rings. The summed E-state index contributed by atoms with van der Waals surface area (Å²) in [6.45, 7) is 2.19. The van der Waals surface area contributed by atoms with Crippen LogP contribution in [0.25, 0.3) is 0 Å².